The molecule has 0 aliphatic carbocycles. The molecule has 0 radical (unpaired) electrons. The van der Waals surface area contributed by atoms with Crippen LogP contribution in [0.1, 0.15) is 25.3 Å². The zero-order valence-corrected chi connectivity index (χ0v) is 17.9. The highest BCUT2D eigenvalue weighted by Crippen LogP contribution is 2.26. The van der Waals surface area contributed by atoms with Crippen LogP contribution in [0.3, 0.4) is 0 Å². The van der Waals surface area contributed by atoms with E-state index in [2.05, 4.69) is 33.9 Å². The number of aromatic nitrogens is 3. The van der Waals surface area contributed by atoms with Gasteiger partial charge in [-0.2, -0.15) is 0 Å². The van der Waals surface area contributed by atoms with Crippen molar-refractivity contribution in [1.82, 2.24) is 20.1 Å². The summed E-state index contributed by atoms with van der Waals surface area (Å²) >= 11 is 0. The monoisotopic (exact) mass is 417 g/mol. The minimum Gasteiger partial charge on any atom is -0.483 e. The maximum Gasteiger partial charge on any atom is 0.260 e. The predicted octanol–water partition coefficient (Wildman–Crippen LogP) is 3.39. The summed E-state index contributed by atoms with van der Waals surface area (Å²) in [7, 11) is 0. The highest BCUT2D eigenvalue weighted by atomic mass is 16.5. The highest BCUT2D eigenvalue weighted by Gasteiger charge is 2.23. The summed E-state index contributed by atoms with van der Waals surface area (Å²) in [4.78, 5) is 20.7. The predicted molar refractivity (Wildman–Crippen MR) is 120 cm³/mol. The van der Waals surface area contributed by atoms with Gasteiger partial charge in [-0.25, -0.2) is 0 Å². The Kier molecular flexibility index (Phi) is 6.40. The molecule has 4 rings (SSSR count). The number of hydrogen-bond acceptors (Lipinski definition) is 6. The molecule has 3 heterocycles. The molecular formula is C24H27N5O2. The van der Waals surface area contributed by atoms with E-state index in [1.165, 1.54) is 0 Å². The standard InChI is InChI=1S/C24H27N5O2/c1-18(2)20-5-3-4-6-22(20)31-17-24(30)29-15-13-28(14-16-29)23-8-7-21(26-27-23)19-9-11-25-12-10-19/h3-12,18H,13-17H2,1-2H3. The lowest BCUT2D eigenvalue weighted by molar-refractivity contribution is -0.133. The smallest absolute Gasteiger partial charge is 0.260 e. The number of piperazine rings is 1. The second kappa shape index (κ2) is 9.55. The summed E-state index contributed by atoms with van der Waals surface area (Å²) in [6.45, 7) is 7.02. The van der Waals surface area contributed by atoms with Gasteiger partial charge in [0.05, 0.1) is 5.69 Å². The van der Waals surface area contributed by atoms with Crippen LogP contribution in [0, 0.1) is 0 Å². The molecule has 0 bridgehead atoms. The van der Waals surface area contributed by atoms with Crippen LogP contribution in [-0.4, -0.2) is 58.8 Å². The topological polar surface area (TPSA) is 71.5 Å². The summed E-state index contributed by atoms with van der Waals surface area (Å²) in [5.74, 6) is 1.97. The second-order valence-corrected chi connectivity index (χ2v) is 7.86. The highest BCUT2D eigenvalue weighted by molar-refractivity contribution is 5.78. The first-order valence-electron chi connectivity index (χ1n) is 10.6. The third-order valence-electron chi connectivity index (χ3n) is 5.48. The zero-order valence-electron chi connectivity index (χ0n) is 17.9. The van der Waals surface area contributed by atoms with Gasteiger partial charge >= 0.3 is 0 Å². The number of ether oxygens (including phenoxy) is 1. The van der Waals surface area contributed by atoms with Gasteiger partial charge in [0.1, 0.15) is 5.75 Å². The lowest BCUT2D eigenvalue weighted by Gasteiger charge is -2.35. The third-order valence-corrected chi connectivity index (χ3v) is 5.48. The summed E-state index contributed by atoms with van der Waals surface area (Å²) in [5, 5.41) is 8.72. The summed E-state index contributed by atoms with van der Waals surface area (Å²) < 4.78 is 5.85. The molecule has 0 saturated carbocycles. The number of benzene rings is 1. The zero-order chi connectivity index (χ0) is 21.6. The lowest BCUT2D eigenvalue weighted by Crippen LogP contribution is -2.50. The molecule has 1 saturated heterocycles. The van der Waals surface area contributed by atoms with E-state index in [0.29, 0.717) is 19.0 Å². The minimum absolute atomic E-state index is 0.0114. The number of para-hydroxylation sites is 1. The van der Waals surface area contributed by atoms with E-state index in [9.17, 15) is 4.79 Å². The Morgan fingerprint density at radius 1 is 0.968 bits per heavy atom. The van der Waals surface area contributed by atoms with Gasteiger partial charge in [-0.15, -0.1) is 10.2 Å². The first-order valence-corrected chi connectivity index (χ1v) is 10.6. The van der Waals surface area contributed by atoms with E-state index in [0.717, 1.165) is 41.5 Å². The SMILES string of the molecule is CC(C)c1ccccc1OCC(=O)N1CCN(c2ccc(-c3ccncc3)nn2)CC1. The van der Waals surface area contributed by atoms with E-state index in [1.807, 2.05) is 53.4 Å². The van der Waals surface area contributed by atoms with Gasteiger partial charge in [0, 0.05) is 44.1 Å². The normalized spacial score (nSPS) is 14.0. The number of hydrogen-bond donors (Lipinski definition) is 0. The number of nitrogens with zero attached hydrogens (tertiary/aromatic N) is 5. The van der Waals surface area contributed by atoms with Crippen LogP contribution in [0.5, 0.6) is 5.75 Å². The van der Waals surface area contributed by atoms with E-state index in [-0.39, 0.29) is 12.5 Å². The van der Waals surface area contributed by atoms with Gasteiger partial charge < -0.3 is 14.5 Å². The van der Waals surface area contributed by atoms with Crippen molar-refractivity contribution < 1.29 is 9.53 Å². The Labute approximate surface area is 182 Å². The molecule has 7 nitrogen and oxygen atoms in total. The molecule has 3 aromatic rings. The molecule has 1 amide bonds. The first kappa shape index (κ1) is 20.8. The molecule has 0 spiro atoms. The summed E-state index contributed by atoms with van der Waals surface area (Å²) in [5.41, 5.74) is 2.93. The fraction of sp³-hybridized carbons (Fsp3) is 0.333. The van der Waals surface area contributed by atoms with Crippen LogP contribution in [0.15, 0.2) is 60.9 Å². The number of anilines is 1. The average molecular weight is 418 g/mol. The first-order chi connectivity index (χ1) is 15.1. The van der Waals surface area contributed by atoms with Crippen LogP contribution in [0.25, 0.3) is 11.3 Å². The van der Waals surface area contributed by atoms with Gasteiger partial charge in [0.25, 0.3) is 5.91 Å². The van der Waals surface area contributed by atoms with Crippen molar-refractivity contribution in [1.29, 1.82) is 0 Å². The Morgan fingerprint density at radius 2 is 1.71 bits per heavy atom. The quantitative estimate of drug-likeness (QED) is 0.612. The Bertz CT molecular complexity index is 1000. The van der Waals surface area contributed by atoms with Crippen LogP contribution in [0.2, 0.25) is 0 Å². The molecule has 160 valence electrons. The van der Waals surface area contributed by atoms with Crippen LogP contribution in [-0.2, 0) is 4.79 Å². The van der Waals surface area contributed by atoms with Gasteiger partial charge in [-0.05, 0) is 41.8 Å². The molecular weight excluding hydrogens is 390 g/mol. The van der Waals surface area contributed by atoms with Gasteiger partial charge in [-0.1, -0.05) is 32.0 Å². The molecule has 7 heteroatoms. The maximum atomic E-state index is 12.6. The van der Waals surface area contributed by atoms with Gasteiger partial charge in [0.15, 0.2) is 12.4 Å². The fourth-order valence-electron chi connectivity index (χ4n) is 3.68. The summed E-state index contributed by atoms with van der Waals surface area (Å²) in [6, 6.07) is 15.7. The van der Waals surface area contributed by atoms with Crippen LogP contribution < -0.4 is 9.64 Å². The summed E-state index contributed by atoms with van der Waals surface area (Å²) in [6.07, 6.45) is 3.48. The van der Waals surface area contributed by atoms with E-state index >= 15 is 0 Å². The Hall–Kier alpha value is -3.48. The molecule has 0 unspecified atom stereocenters. The van der Waals surface area contributed by atoms with E-state index in [1.54, 1.807) is 12.4 Å². The fourth-order valence-corrected chi connectivity index (χ4v) is 3.68. The lowest BCUT2D eigenvalue weighted by atomic mass is 10.0. The van der Waals surface area contributed by atoms with Crippen molar-refractivity contribution in [3.8, 4) is 17.0 Å². The second-order valence-electron chi connectivity index (χ2n) is 7.86. The maximum absolute atomic E-state index is 12.6. The molecule has 0 N–H and O–H groups in total. The number of carbonyl (C=O) groups excluding carboxylic acids is 1. The Balaban J connectivity index is 1.30. The number of pyridine rings is 1. The van der Waals surface area contributed by atoms with Crippen molar-refractivity contribution in [2.24, 2.45) is 0 Å². The molecule has 31 heavy (non-hydrogen) atoms. The molecule has 2 aromatic heterocycles. The molecule has 1 aliphatic rings. The third kappa shape index (κ3) is 4.99. The van der Waals surface area contributed by atoms with E-state index in [4.69, 9.17) is 4.74 Å². The molecule has 1 aromatic carbocycles. The average Bonchev–Trinajstić information content (AvgIpc) is 2.83. The molecule has 0 atom stereocenters. The van der Waals surface area contributed by atoms with Gasteiger partial charge in [-0.3, -0.25) is 9.78 Å². The largest absolute Gasteiger partial charge is 0.483 e. The van der Waals surface area contributed by atoms with Crippen LogP contribution >= 0.6 is 0 Å². The van der Waals surface area contributed by atoms with E-state index < -0.39 is 0 Å². The van der Waals surface area contributed by atoms with Crippen molar-refractivity contribution >= 4 is 11.7 Å². The van der Waals surface area contributed by atoms with Crippen molar-refractivity contribution in [2.45, 2.75) is 19.8 Å². The van der Waals surface area contributed by atoms with Crippen molar-refractivity contribution in [3.05, 3.63) is 66.5 Å². The van der Waals surface area contributed by atoms with Crippen molar-refractivity contribution in [2.75, 3.05) is 37.7 Å². The number of carbonyl (C=O) groups is 1. The number of rotatable bonds is 6. The minimum atomic E-state index is 0.0114. The molecule has 1 fully saturated rings. The van der Waals surface area contributed by atoms with Crippen molar-refractivity contribution in [3.63, 3.8) is 0 Å². The number of amides is 1. The Morgan fingerprint density at radius 3 is 2.39 bits per heavy atom. The molecule has 1 aliphatic heterocycles. The van der Waals surface area contributed by atoms with Gasteiger partial charge in [0.2, 0.25) is 0 Å². The van der Waals surface area contributed by atoms with Crippen LogP contribution in [0.4, 0.5) is 5.82 Å².